The molecule has 54 heavy (non-hydrogen) atoms. The predicted molar refractivity (Wildman–Crippen MR) is 244 cm³/mol. The van der Waals surface area contributed by atoms with E-state index in [1.54, 1.807) is 0 Å². The summed E-state index contributed by atoms with van der Waals surface area (Å²) in [5.74, 6) is -0.935. The van der Waals surface area contributed by atoms with Crippen molar-refractivity contribution in [2.24, 2.45) is 0 Å². The molecule has 0 aromatic rings. The summed E-state index contributed by atoms with van der Waals surface area (Å²) in [7, 11) is 0. The molecule has 4 saturated carbocycles. The molecular weight excluding hydrogens is 657 g/mol. The van der Waals surface area contributed by atoms with Crippen molar-refractivity contribution in [2.45, 2.75) is 315 Å². The molecule has 0 aromatic heterocycles. The summed E-state index contributed by atoms with van der Waals surface area (Å²) in [6.45, 7) is 4.60. The average Bonchev–Trinajstić information content (AvgIpc) is 3.14. The lowest BCUT2D eigenvalue weighted by atomic mass is 10.0. The van der Waals surface area contributed by atoms with E-state index in [4.69, 9.17) is 5.11 Å². The molecule has 1 N–H and O–H groups in total. The standard InChI is InChI=1S/4C12H24.C4H6O2/c4*1-2-4-6-8-10-12-11-9-7-5-3-1;1-3(2)4(5)6/h4*1-12H2;1H2,2H3,(H,5,6). The lowest BCUT2D eigenvalue weighted by molar-refractivity contribution is -0.132. The van der Waals surface area contributed by atoms with E-state index in [0.29, 0.717) is 0 Å². The van der Waals surface area contributed by atoms with Gasteiger partial charge in [0.05, 0.1) is 0 Å². The molecule has 0 amide bonds. The summed E-state index contributed by atoms with van der Waals surface area (Å²) in [6.07, 6.45) is 72.0. The van der Waals surface area contributed by atoms with Crippen molar-refractivity contribution < 1.29 is 9.90 Å². The third kappa shape index (κ3) is 49.2. The summed E-state index contributed by atoms with van der Waals surface area (Å²) in [4.78, 5) is 9.60. The predicted octanol–water partition coefficient (Wildman–Crippen LogP) is 19.4. The smallest absolute Gasteiger partial charge is 0.330 e. The molecule has 0 aromatic carbocycles. The van der Waals surface area contributed by atoms with Gasteiger partial charge in [-0.1, -0.05) is 315 Å². The van der Waals surface area contributed by atoms with Crippen LogP contribution < -0.4 is 0 Å². The Morgan fingerprint density at radius 2 is 0.278 bits per heavy atom. The molecule has 322 valence electrons. The number of hydrogen-bond donors (Lipinski definition) is 1. The highest BCUT2D eigenvalue weighted by Gasteiger charge is 1.99. The first kappa shape index (κ1) is 53.2. The zero-order chi connectivity index (χ0) is 39.1. The quantitative estimate of drug-likeness (QED) is 0.270. The first-order valence-electron chi connectivity index (χ1n) is 25.5. The van der Waals surface area contributed by atoms with Crippen molar-refractivity contribution in [2.75, 3.05) is 0 Å². The molecule has 4 aliphatic rings. The molecule has 0 heterocycles. The van der Waals surface area contributed by atoms with Crippen molar-refractivity contribution >= 4 is 5.97 Å². The summed E-state index contributed by atoms with van der Waals surface area (Å²) < 4.78 is 0. The fourth-order valence-corrected chi connectivity index (χ4v) is 8.49. The van der Waals surface area contributed by atoms with Gasteiger partial charge in [0.2, 0.25) is 0 Å². The zero-order valence-corrected chi connectivity index (χ0v) is 37.5. The number of carboxylic acids is 1. The molecule has 0 unspecified atom stereocenters. The van der Waals surface area contributed by atoms with Gasteiger partial charge in [0.25, 0.3) is 0 Å². The van der Waals surface area contributed by atoms with E-state index < -0.39 is 5.97 Å². The molecule has 0 radical (unpaired) electrons. The van der Waals surface area contributed by atoms with Crippen LogP contribution in [0.4, 0.5) is 0 Å². The Hall–Kier alpha value is -0.790. The Morgan fingerprint density at radius 1 is 0.241 bits per heavy atom. The molecule has 0 saturated heterocycles. The van der Waals surface area contributed by atoms with Crippen molar-refractivity contribution in [3.8, 4) is 0 Å². The lowest BCUT2D eigenvalue weighted by Gasteiger charge is -2.05. The van der Waals surface area contributed by atoms with Crippen LogP contribution in [0.1, 0.15) is 315 Å². The normalized spacial score (nSPS) is 22.2. The lowest BCUT2D eigenvalue weighted by Crippen LogP contribution is -1.92. The van der Waals surface area contributed by atoms with Gasteiger partial charge in [0.1, 0.15) is 0 Å². The minimum absolute atomic E-state index is 0.176. The number of hydrogen-bond acceptors (Lipinski definition) is 1. The van der Waals surface area contributed by atoms with Crippen molar-refractivity contribution in [3.05, 3.63) is 12.2 Å². The monoisotopic (exact) mass is 759 g/mol. The number of rotatable bonds is 1. The van der Waals surface area contributed by atoms with Crippen LogP contribution in [0.3, 0.4) is 0 Å². The van der Waals surface area contributed by atoms with Crippen LogP contribution in [0.25, 0.3) is 0 Å². The second kappa shape index (κ2) is 48.4. The maximum atomic E-state index is 9.60. The van der Waals surface area contributed by atoms with E-state index in [0.717, 1.165) is 0 Å². The number of carboxylic acid groups (broad SMARTS) is 1. The minimum atomic E-state index is -0.935. The Balaban J connectivity index is 0.000000661. The van der Waals surface area contributed by atoms with Crippen molar-refractivity contribution in [1.82, 2.24) is 0 Å². The molecule has 0 aliphatic heterocycles. The van der Waals surface area contributed by atoms with Crippen LogP contribution in [0.2, 0.25) is 0 Å². The first-order chi connectivity index (χ1) is 26.6. The highest BCUT2D eigenvalue weighted by Crippen LogP contribution is 2.19. The van der Waals surface area contributed by atoms with Crippen LogP contribution in [0.15, 0.2) is 12.2 Å². The maximum absolute atomic E-state index is 9.60. The highest BCUT2D eigenvalue weighted by molar-refractivity contribution is 5.84. The summed E-state index contributed by atoms with van der Waals surface area (Å²) in [6, 6.07) is 0. The van der Waals surface area contributed by atoms with Crippen molar-refractivity contribution in [1.29, 1.82) is 0 Å². The van der Waals surface area contributed by atoms with Crippen LogP contribution >= 0.6 is 0 Å². The molecule has 4 fully saturated rings. The van der Waals surface area contributed by atoms with Crippen LogP contribution in [-0.2, 0) is 4.79 Å². The number of carbonyl (C=O) groups is 1. The third-order valence-corrected chi connectivity index (χ3v) is 12.4. The van der Waals surface area contributed by atoms with E-state index in [9.17, 15) is 4.79 Å². The van der Waals surface area contributed by atoms with Gasteiger partial charge >= 0.3 is 5.97 Å². The van der Waals surface area contributed by atoms with Gasteiger partial charge in [-0.2, -0.15) is 0 Å². The van der Waals surface area contributed by atoms with Gasteiger partial charge in [-0.05, 0) is 6.92 Å². The SMILES string of the molecule is C1CCCCCCCCCCC1.C1CCCCCCCCCCC1.C1CCCCCCCCCCC1.C1CCCCCCCCCCC1.C=C(C)C(=O)O. The van der Waals surface area contributed by atoms with Gasteiger partial charge in [0, 0.05) is 5.57 Å². The van der Waals surface area contributed by atoms with E-state index in [2.05, 4.69) is 6.58 Å². The molecule has 2 nitrogen and oxygen atoms in total. The van der Waals surface area contributed by atoms with Gasteiger partial charge in [0.15, 0.2) is 0 Å². The fourth-order valence-electron chi connectivity index (χ4n) is 8.49. The fraction of sp³-hybridized carbons (Fsp3) is 0.942. The Kier molecular flexibility index (Phi) is 47.7. The topological polar surface area (TPSA) is 37.3 Å². The molecule has 4 rings (SSSR count). The molecule has 4 aliphatic carbocycles. The third-order valence-electron chi connectivity index (χ3n) is 12.4. The van der Waals surface area contributed by atoms with E-state index >= 15 is 0 Å². The van der Waals surface area contributed by atoms with E-state index in [-0.39, 0.29) is 5.57 Å². The maximum Gasteiger partial charge on any atom is 0.330 e. The Morgan fingerprint density at radius 3 is 0.296 bits per heavy atom. The van der Waals surface area contributed by atoms with Gasteiger partial charge in [-0.25, -0.2) is 4.79 Å². The molecule has 0 atom stereocenters. The summed E-state index contributed by atoms with van der Waals surface area (Å²) >= 11 is 0. The molecule has 0 spiro atoms. The van der Waals surface area contributed by atoms with Gasteiger partial charge in [-0.3, -0.25) is 0 Å². The molecule has 2 heteroatoms. The summed E-state index contributed by atoms with van der Waals surface area (Å²) in [5.41, 5.74) is 0.176. The van der Waals surface area contributed by atoms with Crippen molar-refractivity contribution in [3.63, 3.8) is 0 Å². The van der Waals surface area contributed by atoms with Gasteiger partial charge in [-0.15, -0.1) is 0 Å². The van der Waals surface area contributed by atoms with Crippen LogP contribution in [0.5, 0.6) is 0 Å². The van der Waals surface area contributed by atoms with E-state index in [1.165, 1.54) is 315 Å². The number of aliphatic carboxylic acids is 1. The Labute approximate surface area is 342 Å². The molecule has 0 bridgehead atoms. The summed E-state index contributed by atoms with van der Waals surface area (Å²) in [5, 5.41) is 7.89. The van der Waals surface area contributed by atoms with Crippen LogP contribution in [-0.4, -0.2) is 11.1 Å². The largest absolute Gasteiger partial charge is 0.478 e. The molecular formula is C52H102O2. The first-order valence-corrected chi connectivity index (χ1v) is 25.5. The second-order valence-electron chi connectivity index (χ2n) is 18.1. The average molecular weight is 759 g/mol. The minimum Gasteiger partial charge on any atom is -0.478 e. The van der Waals surface area contributed by atoms with Crippen LogP contribution in [0, 0.1) is 0 Å². The van der Waals surface area contributed by atoms with E-state index in [1.807, 2.05) is 0 Å². The Bertz CT molecular complexity index is 433. The zero-order valence-electron chi connectivity index (χ0n) is 37.5. The second-order valence-corrected chi connectivity index (χ2v) is 18.1. The van der Waals surface area contributed by atoms with Gasteiger partial charge < -0.3 is 5.11 Å². The highest BCUT2D eigenvalue weighted by atomic mass is 16.4.